The van der Waals surface area contributed by atoms with Crippen LogP contribution in [-0.4, -0.2) is 39.3 Å². The van der Waals surface area contributed by atoms with Gasteiger partial charge in [0.2, 0.25) is 0 Å². The van der Waals surface area contributed by atoms with E-state index in [0.29, 0.717) is 28.2 Å². The van der Waals surface area contributed by atoms with E-state index in [9.17, 15) is 9.59 Å². The lowest BCUT2D eigenvalue weighted by molar-refractivity contribution is -0.129. The topological polar surface area (TPSA) is 83.1 Å². The summed E-state index contributed by atoms with van der Waals surface area (Å²) >= 11 is 0. The molecule has 1 atom stereocenters. The van der Waals surface area contributed by atoms with Crippen molar-refractivity contribution in [3.63, 3.8) is 0 Å². The molecule has 0 spiro atoms. The number of rotatable bonds is 8. The Hall–Kier alpha value is -3.74. The number of fused-ring (bicyclic) bond motifs is 1. The van der Waals surface area contributed by atoms with Crippen LogP contribution in [0, 0.1) is 0 Å². The van der Waals surface area contributed by atoms with Gasteiger partial charge < -0.3 is 24.3 Å². The van der Waals surface area contributed by atoms with Crippen LogP contribution >= 0.6 is 0 Å². The highest BCUT2D eigenvalue weighted by atomic mass is 16.5. The minimum Gasteiger partial charge on any atom is -0.496 e. The van der Waals surface area contributed by atoms with E-state index in [4.69, 9.17) is 18.9 Å². The molecule has 3 aromatic carbocycles. The number of nitrogens with one attached hydrogen (secondary N) is 1. The Morgan fingerprint density at radius 2 is 1.48 bits per heavy atom. The molecule has 7 heteroatoms. The maximum Gasteiger partial charge on any atom is 0.339 e. The van der Waals surface area contributed by atoms with Crippen LogP contribution in [0.15, 0.2) is 54.6 Å². The van der Waals surface area contributed by atoms with Gasteiger partial charge in [-0.3, -0.25) is 4.79 Å². The van der Waals surface area contributed by atoms with Gasteiger partial charge in [0.05, 0.1) is 26.9 Å². The summed E-state index contributed by atoms with van der Waals surface area (Å²) in [6, 6.07) is 16.1. The number of carbonyl (C=O) groups excluding carboxylic acids is 2. The molecular weight excluding hydrogens is 398 g/mol. The zero-order valence-electron chi connectivity index (χ0n) is 17.9. The zero-order valence-corrected chi connectivity index (χ0v) is 17.9. The van der Waals surface area contributed by atoms with E-state index in [0.717, 1.165) is 10.9 Å². The largest absolute Gasteiger partial charge is 0.496 e. The third-order valence-corrected chi connectivity index (χ3v) is 4.89. The first-order valence-electron chi connectivity index (χ1n) is 9.73. The summed E-state index contributed by atoms with van der Waals surface area (Å²) in [5.41, 5.74) is 1.20. The summed E-state index contributed by atoms with van der Waals surface area (Å²) in [4.78, 5) is 25.2. The molecule has 3 aromatic rings. The summed E-state index contributed by atoms with van der Waals surface area (Å²) in [5.74, 6) is 0.855. The first-order valence-corrected chi connectivity index (χ1v) is 9.73. The Morgan fingerprint density at radius 3 is 2.16 bits per heavy atom. The van der Waals surface area contributed by atoms with Crippen LogP contribution < -0.4 is 19.5 Å². The smallest absolute Gasteiger partial charge is 0.339 e. The average Bonchev–Trinajstić information content (AvgIpc) is 2.81. The second kappa shape index (κ2) is 9.84. The standard InChI is InChI=1S/C24H25NO6/c1-15(23(26)25-14-16-9-11-21(29-3)22(13-16)30-4)31-24(27)19-10-12-20(28-2)18-8-6-5-7-17(18)19/h5-13,15H,14H2,1-4H3,(H,25,26)/t15-/m0/s1. The van der Waals surface area contributed by atoms with E-state index in [1.807, 2.05) is 30.3 Å². The highest BCUT2D eigenvalue weighted by Crippen LogP contribution is 2.29. The van der Waals surface area contributed by atoms with Crippen LogP contribution in [0.4, 0.5) is 0 Å². The van der Waals surface area contributed by atoms with Crippen molar-refractivity contribution in [2.75, 3.05) is 21.3 Å². The molecule has 0 aliphatic heterocycles. The number of amides is 1. The molecule has 0 aliphatic carbocycles. The average molecular weight is 423 g/mol. The van der Waals surface area contributed by atoms with E-state index >= 15 is 0 Å². The van der Waals surface area contributed by atoms with Crippen molar-refractivity contribution in [1.82, 2.24) is 5.32 Å². The van der Waals surface area contributed by atoms with Gasteiger partial charge in [0.1, 0.15) is 5.75 Å². The predicted molar refractivity (Wildman–Crippen MR) is 117 cm³/mol. The number of carbonyl (C=O) groups is 2. The molecule has 1 N–H and O–H groups in total. The van der Waals surface area contributed by atoms with Gasteiger partial charge in [-0.15, -0.1) is 0 Å². The summed E-state index contributed by atoms with van der Waals surface area (Å²) in [7, 11) is 4.68. The van der Waals surface area contributed by atoms with E-state index < -0.39 is 18.0 Å². The number of hydrogen-bond acceptors (Lipinski definition) is 6. The van der Waals surface area contributed by atoms with Crippen molar-refractivity contribution < 1.29 is 28.5 Å². The van der Waals surface area contributed by atoms with Crippen LogP contribution in [0.5, 0.6) is 17.2 Å². The van der Waals surface area contributed by atoms with Crippen molar-refractivity contribution in [1.29, 1.82) is 0 Å². The fourth-order valence-corrected chi connectivity index (χ4v) is 3.23. The molecule has 7 nitrogen and oxygen atoms in total. The molecule has 0 heterocycles. The molecule has 0 fully saturated rings. The minimum atomic E-state index is -0.964. The second-order valence-corrected chi connectivity index (χ2v) is 6.82. The molecule has 0 bridgehead atoms. The second-order valence-electron chi connectivity index (χ2n) is 6.82. The number of hydrogen-bond donors (Lipinski definition) is 1. The Bertz CT molecular complexity index is 1090. The number of ether oxygens (including phenoxy) is 4. The maximum absolute atomic E-state index is 12.7. The lowest BCUT2D eigenvalue weighted by Gasteiger charge is -2.15. The Morgan fingerprint density at radius 1 is 0.839 bits per heavy atom. The van der Waals surface area contributed by atoms with E-state index in [1.165, 1.54) is 6.92 Å². The zero-order chi connectivity index (χ0) is 22.4. The fraction of sp³-hybridized carbons (Fsp3) is 0.250. The number of esters is 1. The van der Waals surface area contributed by atoms with Crippen molar-refractivity contribution >= 4 is 22.6 Å². The molecule has 0 radical (unpaired) electrons. The van der Waals surface area contributed by atoms with Crippen LogP contribution in [0.25, 0.3) is 10.8 Å². The van der Waals surface area contributed by atoms with Crippen molar-refractivity contribution in [2.45, 2.75) is 19.6 Å². The normalized spacial score (nSPS) is 11.5. The van der Waals surface area contributed by atoms with Gasteiger partial charge in [0.15, 0.2) is 17.6 Å². The van der Waals surface area contributed by atoms with Gasteiger partial charge in [-0.1, -0.05) is 30.3 Å². The molecule has 162 valence electrons. The molecule has 3 rings (SSSR count). The van der Waals surface area contributed by atoms with E-state index in [2.05, 4.69) is 5.32 Å². The summed E-state index contributed by atoms with van der Waals surface area (Å²) < 4.78 is 21.2. The molecule has 0 saturated heterocycles. The molecule has 0 aliphatic rings. The van der Waals surface area contributed by atoms with Gasteiger partial charge in [-0.2, -0.15) is 0 Å². The van der Waals surface area contributed by atoms with Crippen molar-refractivity contribution in [2.24, 2.45) is 0 Å². The van der Waals surface area contributed by atoms with Gasteiger partial charge in [0.25, 0.3) is 5.91 Å². The van der Waals surface area contributed by atoms with E-state index in [1.54, 1.807) is 45.6 Å². The van der Waals surface area contributed by atoms with Crippen LogP contribution in [0.1, 0.15) is 22.8 Å². The SMILES string of the molecule is COc1ccc(CNC(=O)[C@H](C)OC(=O)c2ccc(OC)c3ccccc23)cc1OC. The Labute approximate surface area is 180 Å². The lowest BCUT2D eigenvalue weighted by atomic mass is 10.0. The summed E-state index contributed by atoms with van der Waals surface area (Å²) in [5, 5.41) is 4.26. The first kappa shape index (κ1) is 22.0. The quantitative estimate of drug-likeness (QED) is 0.556. The van der Waals surface area contributed by atoms with Crippen LogP contribution in [0.2, 0.25) is 0 Å². The molecule has 0 unspecified atom stereocenters. The molecule has 31 heavy (non-hydrogen) atoms. The first-order chi connectivity index (χ1) is 15.0. The molecule has 0 saturated carbocycles. The summed E-state index contributed by atoms with van der Waals surface area (Å²) in [6.45, 7) is 1.79. The van der Waals surface area contributed by atoms with Gasteiger partial charge in [0, 0.05) is 11.9 Å². The minimum absolute atomic E-state index is 0.256. The number of methoxy groups -OCH3 is 3. The lowest BCUT2D eigenvalue weighted by Crippen LogP contribution is -2.35. The fourth-order valence-electron chi connectivity index (χ4n) is 3.23. The highest BCUT2D eigenvalue weighted by molar-refractivity contribution is 6.07. The monoisotopic (exact) mass is 423 g/mol. The Balaban J connectivity index is 1.66. The Kier molecular flexibility index (Phi) is 6.97. The molecular formula is C24H25NO6. The van der Waals surface area contributed by atoms with Gasteiger partial charge >= 0.3 is 5.97 Å². The molecule has 1 amide bonds. The van der Waals surface area contributed by atoms with E-state index in [-0.39, 0.29) is 6.54 Å². The van der Waals surface area contributed by atoms with Gasteiger partial charge in [-0.05, 0) is 42.1 Å². The number of benzene rings is 3. The highest BCUT2D eigenvalue weighted by Gasteiger charge is 2.21. The third-order valence-electron chi connectivity index (χ3n) is 4.89. The van der Waals surface area contributed by atoms with Crippen molar-refractivity contribution in [3.8, 4) is 17.2 Å². The van der Waals surface area contributed by atoms with Crippen LogP contribution in [-0.2, 0) is 16.1 Å². The van der Waals surface area contributed by atoms with Crippen LogP contribution in [0.3, 0.4) is 0 Å². The van der Waals surface area contributed by atoms with Crippen molar-refractivity contribution in [3.05, 3.63) is 65.7 Å². The van der Waals surface area contributed by atoms with Gasteiger partial charge in [-0.25, -0.2) is 4.79 Å². The molecule has 0 aromatic heterocycles. The summed E-state index contributed by atoms with van der Waals surface area (Å²) in [6.07, 6.45) is -0.964. The maximum atomic E-state index is 12.7. The third kappa shape index (κ3) is 4.88. The predicted octanol–water partition coefficient (Wildman–Crippen LogP) is 3.73.